The molecule has 3 amide bonds. The SMILES string of the molecule is CC(=O)Nc1ccc(N(CCC(=O)NCc2ccccn2)C(C)=O)cc1. The highest BCUT2D eigenvalue weighted by Gasteiger charge is 2.13. The van der Waals surface area contributed by atoms with Crippen molar-refractivity contribution in [1.82, 2.24) is 10.3 Å². The lowest BCUT2D eigenvalue weighted by Gasteiger charge is -2.21. The molecule has 7 nitrogen and oxygen atoms in total. The molecule has 1 aromatic carbocycles. The van der Waals surface area contributed by atoms with Gasteiger partial charge in [0.1, 0.15) is 0 Å². The average Bonchev–Trinajstić information content (AvgIpc) is 2.61. The Balaban J connectivity index is 1.90. The van der Waals surface area contributed by atoms with E-state index in [9.17, 15) is 14.4 Å². The lowest BCUT2D eigenvalue weighted by Crippen LogP contribution is -2.33. The first kappa shape index (κ1) is 19.1. The summed E-state index contributed by atoms with van der Waals surface area (Å²) in [5.74, 6) is -0.475. The number of carbonyl (C=O) groups excluding carboxylic acids is 3. The summed E-state index contributed by atoms with van der Waals surface area (Å²) in [4.78, 5) is 40.7. The van der Waals surface area contributed by atoms with Gasteiger partial charge >= 0.3 is 0 Å². The topological polar surface area (TPSA) is 91.4 Å². The van der Waals surface area contributed by atoms with Crippen molar-refractivity contribution in [3.8, 4) is 0 Å². The second kappa shape index (κ2) is 9.31. The summed E-state index contributed by atoms with van der Waals surface area (Å²) in [6.45, 7) is 3.50. The van der Waals surface area contributed by atoms with E-state index in [-0.39, 0.29) is 30.7 Å². The van der Waals surface area contributed by atoms with Crippen molar-refractivity contribution in [3.63, 3.8) is 0 Å². The molecule has 0 fully saturated rings. The minimum absolute atomic E-state index is 0.156. The van der Waals surface area contributed by atoms with Gasteiger partial charge in [-0.2, -0.15) is 0 Å². The van der Waals surface area contributed by atoms with Gasteiger partial charge in [0.05, 0.1) is 12.2 Å². The highest BCUT2D eigenvalue weighted by molar-refractivity contribution is 5.93. The van der Waals surface area contributed by atoms with Crippen LogP contribution in [0.1, 0.15) is 26.0 Å². The molecule has 0 bridgehead atoms. The Labute approximate surface area is 152 Å². The van der Waals surface area contributed by atoms with Crippen molar-refractivity contribution in [2.24, 2.45) is 0 Å². The first-order chi connectivity index (χ1) is 12.5. The Morgan fingerprint density at radius 3 is 2.35 bits per heavy atom. The molecule has 0 unspecified atom stereocenters. The van der Waals surface area contributed by atoms with E-state index in [0.29, 0.717) is 17.9 Å². The smallest absolute Gasteiger partial charge is 0.223 e. The van der Waals surface area contributed by atoms with Crippen LogP contribution < -0.4 is 15.5 Å². The largest absolute Gasteiger partial charge is 0.350 e. The van der Waals surface area contributed by atoms with Crippen LogP contribution in [0.4, 0.5) is 11.4 Å². The highest BCUT2D eigenvalue weighted by atomic mass is 16.2. The molecule has 7 heteroatoms. The summed E-state index contributed by atoms with van der Waals surface area (Å²) in [6.07, 6.45) is 1.85. The fourth-order valence-electron chi connectivity index (χ4n) is 2.39. The van der Waals surface area contributed by atoms with Crippen molar-refractivity contribution in [3.05, 3.63) is 54.4 Å². The standard InChI is InChI=1S/C19H22N4O3/c1-14(24)22-16-6-8-18(9-7-16)23(15(2)25)12-10-19(26)21-13-17-5-3-4-11-20-17/h3-9,11H,10,12-13H2,1-2H3,(H,21,26)(H,22,24). The Morgan fingerprint density at radius 2 is 1.77 bits per heavy atom. The van der Waals surface area contributed by atoms with Crippen LogP contribution in [-0.4, -0.2) is 29.3 Å². The van der Waals surface area contributed by atoms with Gasteiger partial charge in [0.15, 0.2) is 0 Å². The molecule has 2 aromatic rings. The number of nitrogens with zero attached hydrogens (tertiary/aromatic N) is 2. The van der Waals surface area contributed by atoms with Gasteiger partial charge in [0.25, 0.3) is 0 Å². The Kier molecular flexibility index (Phi) is 6.84. The van der Waals surface area contributed by atoms with Crippen LogP contribution in [0.3, 0.4) is 0 Å². The van der Waals surface area contributed by atoms with E-state index in [1.54, 1.807) is 30.5 Å². The van der Waals surface area contributed by atoms with E-state index in [0.717, 1.165) is 5.69 Å². The summed E-state index contributed by atoms with van der Waals surface area (Å²) in [5, 5.41) is 5.46. The van der Waals surface area contributed by atoms with Crippen molar-refractivity contribution in [2.75, 3.05) is 16.8 Å². The van der Waals surface area contributed by atoms with Gasteiger partial charge in [-0.15, -0.1) is 0 Å². The number of anilines is 2. The Bertz CT molecular complexity index is 760. The molecule has 0 atom stereocenters. The molecule has 0 aliphatic rings. The number of pyridine rings is 1. The molecule has 0 saturated heterocycles. The quantitative estimate of drug-likeness (QED) is 0.796. The number of aromatic nitrogens is 1. The van der Waals surface area contributed by atoms with Crippen LogP contribution in [-0.2, 0) is 20.9 Å². The van der Waals surface area contributed by atoms with E-state index in [1.165, 1.54) is 18.7 Å². The van der Waals surface area contributed by atoms with Crippen LogP contribution >= 0.6 is 0 Å². The average molecular weight is 354 g/mol. The molecule has 26 heavy (non-hydrogen) atoms. The van der Waals surface area contributed by atoms with Crippen molar-refractivity contribution >= 4 is 29.1 Å². The second-order valence-electron chi connectivity index (χ2n) is 5.75. The predicted octanol–water partition coefficient (Wildman–Crippen LogP) is 2.10. The van der Waals surface area contributed by atoms with Crippen molar-refractivity contribution in [1.29, 1.82) is 0 Å². The molecule has 0 aliphatic heterocycles. The van der Waals surface area contributed by atoms with E-state index >= 15 is 0 Å². The Morgan fingerprint density at radius 1 is 1.04 bits per heavy atom. The molecule has 1 aromatic heterocycles. The van der Waals surface area contributed by atoms with Crippen molar-refractivity contribution in [2.45, 2.75) is 26.8 Å². The van der Waals surface area contributed by atoms with Crippen LogP contribution in [0.25, 0.3) is 0 Å². The number of nitrogens with one attached hydrogen (secondary N) is 2. The monoisotopic (exact) mass is 354 g/mol. The third-order valence-corrected chi connectivity index (χ3v) is 3.63. The highest BCUT2D eigenvalue weighted by Crippen LogP contribution is 2.18. The van der Waals surface area contributed by atoms with Gasteiger partial charge in [0, 0.05) is 44.4 Å². The van der Waals surface area contributed by atoms with Crippen LogP contribution in [0.5, 0.6) is 0 Å². The van der Waals surface area contributed by atoms with E-state index < -0.39 is 0 Å². The molecule has 0 aliphatic carbocycles. The summed E-state index contributed by atoms with van der Waals surface area (Å²) in [6, 6.07) is 12.4. The maximum atomic E-state index is 12.0. The number of benzene rings is 1. The molecule has 0 spiro atoms. The number of amides is 3. The number of hydrogen-bond acceptors (Lipinski definition) is 4. The molecule has 0 saturated carbocycles. The van der Waals surface area contributed by atoms with Gasteiger partial charge < -0.3 is 15.5 Å². The molecule has 136 valence electrons. The molecular formula is C19H22N4O3. The zero-order valence-electron chi connectivity index (χ0n) is 14.9. The molecule has 1 heterocycles. The zero-order valence-corrected chi connectivity index (χ0v) is 14.9. The van der Waals surface area contributed by atoms with Crippen LogP contribution in [0, 0.1) is 0 Å². The Hall–Kier alpha value is -3.22. The normalized spacial score (nSPS) is 10.1. The summed E-state index contributed by atoms with van der Waals surface area (Å²) in [5.41, 5.74) is 2.10. The maximum Gasteiger partial charge on any atom is 0.223 e. The third kappa shape index (κ3) is 6.01. The minimum Gasteiger partial charge on any atom is -0.350 e. The fourth-order valence-corrected chi connectivity index (χ4v) is 2.39. The first-order valence-electron chi connectivity index (χ1n) is 8.28. The first-order valence-corrected chi connectivity index (χ1v) is 8.28. The van der Waals surface area contributed by atoms with Gasteiger partial charge in [0.2, 0.25) is 17.7 Å². The molecule has 0 radical (unpaired) electrons. The van der Waals surface area contributed by atoms with Crippen molar-refractivity contribution < 1.29 is 14.4 Å². The number of hydrogen-bond donors (Lipinski definition) is 2. The van der Waals surface area contributed by atoms with Gasteiger partial charge in [-0.25, -0.2) is 0 Å². The van der Waals surface area contributed by atoms with Gasteiger partial charge in [-0.3, -0.25) is 19.4 Å². The molecule has 2 rings (SSSR count). The summed E-state index contributed by atoms with van der Waals surface area (Å²) in [7, 11) is 0. The van der Waals surface area contributed by atoms with Crippen LogP contribution in [0.2, 0.25) is 0 Å². The lowest BCUT2D eigenvalue weighted by atomic mass is 10.2. The lowest BCUT2D eigenvalue weighted by molar-refractivity contribution is -0.121. The predicted molar refractivity (Wildman–Crippen MR) is 99.5 cm³/mol. The third-order valence-electron chi connectivity index (χ3n) is 3.63. The van der Waals surface area contributed by atoms with Gasteiger partial charge in [-0.05, 0) is 36.4 Å². The maximum absolute atomic E-state index is 12.0. The molecular weight excluding hydrogens is 332 g/mol. The minimum atomic E-state index is -0.161. The fraction of sp³-hybridized carbons (Fsp3) is 0.263. The van der Waals surface area contributed by atoms with E-state index in [2.05, 4.69) is 15.6 Å². The number of rotatable bonds is 7. The molecule has 2 N–H and O–H groups in total. The second-order valence-corrected chi connectivity index (χ2v) is 5.75. The van der Waals surface area contributed by atoms with Gasteiger partial charge in [-0.1, -0.05) is 6.07 Å². The van der Waals surface area contributed by atoms with E-state index in [4.69, 9.17) is 0 Å². The summed E-state index contributed by atoms with van der Waals surface area (Å²) >= 11 is 0. The van der Waals surface area contributed by atoms with Crippen LogP contribution in [0.15, 0.2) is 48.7 Å². The van der Waals surface area contributed by atoms with E-state index in [1.807, 2.05) is 18.2 Å². The zero-order chi connectivity index (χ0) is 18.9. The summed E-state index contributed by atoms with van der Waals surface area (Å²) < 4.78 is 0. The number of carbonyl (C=O) groups is 3.